The van der Waals surface area contributed by atoms with Gasteiger partial charge in [0.15, 0.2) is 11.0 Å². The molecule has 30 heavy (non-hydrogen) atoms. The van der Waals surface area contributed by atoms with Gasteiger partial charge in [0.2, 0.25) is 5.91 Å². The van der Waals surface area contributed by atoms with Crippen molar-refractivity contribution < 1.29 is 9.53 Å². The summed E-state index contributed by atoms with van der Waals surface area (Å²) in [6.07, 6.45) is 0.856. The van der Waals surface area contributed by atoms with E-state index in [-0.39, 0.29) is 18.3 Å². The fourth-order valence-electron chi connectivity index (χ4n) is 2.85. The van der Waals surface area contributed by atoms with Gasteiger partial charge in [-0.25, -0.2) is 0 Å². The molecule has 0 atom stereocenters. The highest BCUT2D eigenvalue weighted by atomic mass is 35.5. The molecule has 0 spiro atoms. The average molecular weight is 465 g/mol. The number of para-hydroxylation sites is 1. The zero-order valence-electron chi connectivity index (χ0n) is 16.7. The van der Waals surface area contributed by atoms with Gasteiger partial charge in [0.05, 0.1) is 10.8 Å². The molecular formula is C21H22Cl2N4O2S. The molecule has 0 aliphatic rings. The van der Waals surface area contributed by atoms with E-state index in [9.17, 15) is 4.79 Å². The Bertz CT molecular complexity index is 1030. The van der Waals surface area contributed by atoms with Crippen LogP contribution < -0.4 is 10.1 Å². The summed E-state index contributed by atoms with van der Waals surface area (Å²) in [7, 11) is 0. The van der Waals surface area contributed by atoms with E-state index in [1.807, 2.05) is 35.8 Å². The topological polar surface area (TPSA) is 69.0 Å². The van der Waals surface area contributed by atoms with Crippen LogP contribution in [-0.2, 0) is 24.4 Å². The number of benzene rings is 2. The fraction of sp³-hybridized carbons (Fsp3) is 0.286. The minimum Gasteiger partial charge on any atom is -0.484 e. The van der Waals surface area contributed by atoms with Crippen LogP contribution in [0.4, 0.5) is 5.69 Å². The molecule has 3 aromatic rings. The quantitative estimate of drug-likeness (QED) is 0.424. The molecule has 2 aromatic carbocycles. The fourth-order valence-corrected chi connectivity index (χ4v) is 4.14. The molecule has 0 saturated heterocycles. The zero-order valence-corrected chi connectivity index (χ0v) is 19.0. The average Bonchev–Trinajstić information content (AvgIpc) is 3.14. The van der Waals surface area contributed by atoms with Crippen LogP contribution in [0, 0.1) is 0 Å². The Hall–Kier alpha value is -2.22. The van der Waals surface area contributed by atoms with E-state index < -0.39 is 0 Å². The second-order valence-corrected chi connectivity index (χ2v) is 8.14. The van der Waals surface area contributed by atoms with Gasteiger partial charge in [-0.05, 0) is 43.2 Å². The first-order valence-corrected chi connectivity index (χ1v) is 11.3. The van der Waals surface area contributed by atoms with Crippen molar-refractivity contribution in [2.45, 2.75) is 38.6 Å². The minimum absolute atomic E-state index is 0.0858. The first-order valence-electron chi connectivity index (χ1n) is 9.52. The lowest BCUT2D eigenvalue weighted by Crippen LogP contribution is -2.16. The Labute approximate surface area is 189 Å². The predicted molar refractivity (Wildman–Crippen MR) is 122 cm³/mol. The second-order valence-electron chi connectivity index (χ2n) is 6.35. The van der Waals surface area contributed by atoms with Crippen molar-refractivity contribution in [1.82, 2.24) is 14.8 Å². The van der Waals surface area contributed by atoms with Crippen LogP contribution in [0.3, 0.4) is 0 Å². The Morgan fingerprint density at radius 3 is 2.70 bits per heavy atom. The van der Waals surface area contributed by atoms with Crippen LogP contribution in [0.5, 0.6) is 5.75 Å². The van der Waals surface area contributed by atoms with Crippen LogP contribution in [0.25, 0.3) is 0 Å². The van der Waals surface area contributed by atoms with Crippen molar-refractivity contribution >= 4 is 46.6 Å². The Morgan fingerprint density at radius 1 is 1.17 bits per heavy atom. The highest BCUT2D eigenvalue weighted by molar-refractivity contribution is 7.99. The number of amides is 1. The number of thioether (sulfide) groups is 1. The summed E-state index contributed by atoms with van der Waals surface area (Å²) >= 11 is 13.4. The number of hydrogen-bond donors (Lipinski definition) is 1. The van der Waals surface area contributed by atoms with Crippen LogP contribution >= 0.6 is 35.0 Å². The van der Waals surface area contributed by atoms with Gasteiger partial charge >= 0.3 is 0 Å². The van der Waals surface area contributed by atoms with Gasteiger partial charge in [0, 0.05) is 17.3 Å². The standard InChI is InChI=1S/C21H22Cl2N4O2S/c1-3-14-7-5-6-8-17(14)24-20(28)13-30-21-26-25-19(27(21)4-2)12-29-18-10-9-15(22)11-16(18)23/h5-11H,3-4,12-13H2,1-2H3,(H,24,28). The van der Waals surface area contributed by atoms with E-state index >= 15 is 0 Å². The molecule has 0 unspecified atom stereocenters. The van der Waals surface area contributed by atoms with Crippen LogP contribution in [0.15, 0.2) is 47.6 Å². The maximum Gasteiger partial charge on any atom is 0.234 e. The number of nitrogens with zero attached hydrogens (tertiary/aromatic N) is 3. The van der Waals surface area contributed by atoms with Gasteiger partial charge in [0.1, 0.15) is 12.4 Å². The number of hydrogen-bond acceptors (Lipinski definition) is 5. The summed E-state index contributed by atoms with van der Waals surface area (Å²) < 4.78 is 7.68. The number of aryl methyl sites for hydroxylation is 1. The Morgan fingerprint density at radius 2 is 1.97 bits per heavy atom. The third-order valence-corrected chi connectivity index (χ3v) is 5.86. The number of rotatable bonds is 9. The van der Waals surface area contributed by atoms with Gasteiger partial charge in [-0.2, -0.15) is 0 Å². The first kappa shape index (κ1) is 22.5. The molecule has 0 saturated carbocycles. The van der Waals surface area contributed by atoms with E-state index in [1.165, 1.54) is 11.8 Å². The lowest BCUT2D eigenvalue weighted by atomic mass is 10.1. The number of ether oxygens (including phenoxy) is 1. The van der Waals surface area contributed by atoms with Crippen LogP contribution in [0.1, 0.15) is 25.2 Å². The molecule has 1 amide bonds. The van der Waals surface area contributed by atoms with Crippen LogP contribution in [0.2, 0.25) is 10.0 Å². The van der Waals surface area contributed by atoms with Gasteiger partial charge in [-0.1, -0.05) is 60.1 Å². The summed E-state index contributed by atoms with van der Waals surface area (Å²) in [5.41, 5.74) is 1.95. The lowest BCUT2D eigenvalue weighted by Gasteiger charge is -2.11. The molecule has 1 aromatic heterocycles. The molecular weight excluding hydrogens is 443 g/mol. The van der Waals surface area contributed by atoms with Crippen molar-refractivity contribution in [1.29, 1.82) is 0 Å². The van der Waals surface area contributed by atoms with Gasteiger partial charge in [-0.15, -0.1) is 10.2 Å². The smallest absolute Gasteiger partial charge is 0.234 e. The van der Waals surface area contributed by atoms with E-state index in [0.717, 1.165) is 17.7 Å². The number of anilines is 1. The largest absolute Gasteiger partial charge is 0.484 e. The molecule has 0 aliphatic heterocycles. The third kappa shape index (κ3) is 5.68. The number of aromatic nitrogens is 3. The zero-order chi connectivity index (χ0) is 21.5. The van der Waals surface area contributed by atoms with Crippen molar-refractivity contribution in [3.05, 3.63) is 63.9 Å². The van der Waals surface area contributed by atoms with E-state index in [0.29, 0.717) is 33.3 Å². The summed E-state index contributed by atoms with van der Waals surface area (Å²) in [4.78, 5) is 12.4. The van der Waals surface area contributed by atoms with Crippen molar-refractivity contribution in [2.75, 3.05) is 11.1 Å². The number of halogens is 2. The van der Waals surface area contributed by atoms with E-state index in [4.69, 9.17) is 27.9 Å². The first-order chi connectivity index (χ1) is 14.5. The summed E-state index contributed by atoms with van der Waals surface area (Å²) in [5, 5.41) is 13.0. The molecule has 0 aliphatic carbocycles. The molecule has 0 radical (unpaired) electrons. The normalized spacial score (nSPS) is 10.8. The van der Waals surface area contributed by atoms with Crippen LogP contribution in [-0.4, -0.2) is 26.4 Å². The lowest BCUT2D eigenvalue weighted by molar-refractivity contribution is -0.113. The SMILES string of the molecule is CCc1ccccc1NC(=O)CSc1nnc(COc2ccc(Cl)cc2Cl)n1CC. The molecule has 3 rings (SSSR count). The highest BCUT2D eigenvalue weighted by Gasteiger charge is 2.15. The molecule has 158 valence electrons. The maximum atomic E-state index is 12.4. The molecule has 9 heteroatoms. The molecule has 0 fully saturated rings. The molecule has 1 N–H and O–H groups in total. The Kier molecular flexibility index (Phi) is 8.01. The number of carbonyl (C=O) groups is 1. The summed E-state index contributed by atoms with van der Waals surface area (Å²) in [6, 6.07) is 12.8. The summed E-state index contributed by atoms with van der Waals surface area (Å²) in [5.74, 6) is 1.33. The third-order valence-electron chi connectivity index (χ3n) is 4.37. The summed E-state index contributed by atoms with van der Waals surface area (Å²) in [6.45, 7) is 4.91. The van der Waals surface area contributed by atoms with Crippen molar-refractivity contribution in [3.8, 4) is 5.75 Å². The second kappa shape index (κ2) is 10.7. The highest BCUT2D eigenvalue weighted by Crippen LogP contribution is 2.28. The van der Waals surface area contributed by atoms with Gasteiger partial charge in [-0.3, -0.25) is 4.79 Å². The Balaban J connectivity index is 1.60. The molecule has 0 bridgehead atoms. The van der Waals surface area contributed by atoms with E-state index in [1.54, 1.807) is 18.2 Å². The minimum atomic E-state index is -0.0858. The van der Waals surface area contributed by atoms with Crippen molar-refractivity contribution in [2.24, 2.45) is 0 Å². The maximum absolute atomic E-state index is 12.4. The van der Waals surface area contributed by atoms with E-state index in [2.05, 4.69) is 22.4 Å². The van der Waals surface area contributed by atoms with Gasteiger partial charge in [0.25, 0.3) is 0 Å². The number of nitrogens with one attached hydrogen (secondary N) is 1. The monoisotopic (exact) mass is 464 g/mol. The molecule has 6 nitrogen and oxygen atoms in total. The molecule has 1 heterocycles. The predicted octanol–water partition coefficient (Wildman–Crippen LogP) is 5.48. The van der Waals surface area contributed by atoms with Gasteiger partial charge < -0.3 is 14.6 Å². The number of carbonyl (C=O) groups excluding carboxylic acids is 1. The van der Waals surface area contributed by atoms with Crippen molar-refractivity contribution in [3.63, 3.8) is 0 Å².